The first-order chi connectivity index (χ1) is 11.1. The van der Waals surface area contributed by atoms with Crippen LogP contribution < -0.4 is 14.8 Å². The molecule has 0 aliphatic heterocycles. The number of halogens is 1. The van der Waals surface area contributed by atoms with E-state index in [2.05, 4.69) is 5.32 Å². The highest BCUT2D eigenvalue weighted by molar-refractivity contribution is 5.94. The first kappa shape index (κ1) is 16.8. The molecule has 0 heterocycles. The maximum Gasteiger partial charge on any atom is 0.251 e. The van der Waals surface area contributed by atoms with E-state index < -0.39 is 5.82 Å². The van der Waals surface area contributed by atoms with Crippen LogP contribution in [-0.2, 0) is 6.42 Å². The van der Waals surface area contributed by atoms with E-state index in [0.717, 1.165) is 11.3 Å². The van der Waals surface area contributed by atoms with Crippen molar-refractivity contribution in [3.05, 3.63) is 59.4 Å². The summed E-state index contributed by atoms with van der Waals surface area (Å²) in [6.45, 7) is 2.61. The van der Waals surface area contributed by atoms with Crippen LogP contribution in [0, 0.1) is 5.82 Å². The fourth-order valence-corrected chi connectivity index (χ4v) is 2.17. The van der Waals surface area contributed by atoms with Crippen molar-refractivity contribution in [2.45, 2.75) is 13.3 Å². The Morgan fingerprint density at radius 2 is 2.04 bits per heavy atom. The molecule has 4 nitrogen and oxygen atoms in total. The van der Waals surface area contributed by atoms with E-state index in [1.165, 1.54) is 12.1 Å². The van der Waals surface area contributed by atoms with Gasteiger partial charge in [0.15, 0.2) is 11.6 Å². The number of carbonyl (C=O) groups excluding carboxylic acids is 1. The molecule has 0 unspecified atom stereocenters. The zero-order valence-electron chi connectivity index (χ0n) is 13.3. The topological polar surface area (TPSA) is 47.6 Å². The van der Waals surface area contributed by atoms with Crippen molar-refractivity contribution in [2.24, 2.45) is 0 Å². The standard InChI is InChI=1S/C18H20FNO3/c1-3-23-17-8-7-14(12-16(17)19)18(21)20-10-9-13-5-4-6-15(11-13)22-2/h4-8,11-12H,3,9-10H2,1-2H3,(H,20,21). The molecule has 0 saturated carbocycles. The minimum Gasteiger partial charge on any atom is -0.497 e. The van der Waals surface area contributed by atoms with Gasteiger partial charge in [0.1, 0.15) is 5.75 Å². The molecule has 122 valence electrons. The molecule has 5 heteroatoms. The van der Waals surface area contributed by atoms with E-state index in [1.807, 2.05) is 24.3 Å². The molecule has 1 amide bonds. The molecule has 0 atom stereocenters. The summed E-state index contributed by atoms with van der Waals surface area (Å²) < 4.78 is 24.0. The maximum absolute atomic E-state index is 13.7. The third-order valence-electron chi connectivity index (χ3n) is 3.33. The Hall–Kier alpha value is -2.56. The monoisotopic (exact) mass is 317 g/mol. The number of hydrogen-bond donors (Lipinski definition) is 1. The molecule has 0 fully saturated rings. The number of carbonyl (C=O) groups is 1. The Morgan fingerprint density at radius 3 is 2.74 bits per heavy atom. The third kappa shape index (κ3) is 4.71. The number of ether oxygens (including phenoxy) is 2. The molecule has 0 aromatic heterocycles. The van der Waals surface area contributed by atoms with Crippen molar-refractivity contribution in [3.63, 3.8) is 0 Å². The molecule has 0 spiro atoms. The SMILES string of the molecule is CCOc1ccc(C(=O)NCCc2cccc(OC)c2)cc1F. The van der Waals surface area contributed by atoms with Gasteiger partial charge in [-0.2, -0.15) is 0 Å². The van der Waals surface area contributed by atoms with Crippen LogP contribution in [0.15, 0.2) is 42.5 Å². The van der Waals surface area contributed by atoms with Crippen LogP contribution in [0.4, 0.5) is 4.39 Å². The van der Waals surface area contributed by atoms with Gasteiger partial charge in [0.25, 0.3) is 5.91 Å². The lowest BCUT2D eigenvalue weighted by Crippen LogP contribution is -2.25. The summed E-state index contributed by atoms with van der Waals surface area (Å²) >= 11 is 0. The molecule has 0 aliphatic rings. The molecule has 2 aromatic carbocycles. The molecule has 23 heavy (non-hydrogen) atoms. The van der Waals surface area contributed by atoms with Crippen LogP contribution in [0.3, 0.4) is 0 Å². The van der Waals surface area contributed by atoms with Crippen molar-refractivity contribution in [2.75, 3.05) is 20.3 Å². The fraction of sp³-hybridized carbons (Fsp3) is 0.278. The highest BCUT2D eigenvalue weighted by Gasteiger charge is 2.10. The molecule has 0 bridgehead atoms. The highest BCUT2D eigenvalue weighted by atomic mass is 19.1. The summed E-state index contributed by atoms with van der Waals surface area (Å²) in [6.07, 6.45) is 0.669. The minimum absolute atomic E-state index is 0.153. The molecule has 0 aliphatic carbocycles. The summed E-state index contributed by atoms with van der Waals surface area (Å²) in [5.74, 6) is 0.0879. The van der Waals surface area contributed by atoms with Gasteiger partial charge in [0.05, 0.1) is 13.7 Å². The smallest absolute Gasteiger partial charge is 0.251 e. The second kappa shape index (κ2) is 8.17. The van der Waals surface area contributed by atoms with Crippen LogP contribution in [0.2, 0.25) is 0 Å². The van der Waals surface area contributed by atoms with Crippen LogP contribution in [0.5, 0.6) is 11.5 Å². The minimum atomic E-state index is -0.535. The van der Waals surface area contributed by atoms with E-state index in [1.54, 1.807) is 20.1 Å². The van der Waals surface area contributed by atoms with Crippen LogP contribution in [0.1, 0.15) is 22.8 Å². The molecular weight excluding hydrogens is 297 g/mol. The Morgan fingerprint density at radius 1 is 1.22 bits per heavy atom. The van der Waals surface area contributed by atoms with E-state index in [4.69, 9.17) is 9.47 Å². The van der Waals surface area contributed by atoms with Crippen LogP contribution in [0.25, 0.3) is 0 Å². The molecule has 2 aromatic rings. The quantitative estimate of drug-likeness (QED) is 0.853. The van der Waals surface area contributed by atoms with Crippen LogP contribution in [-0.4, -0.2) is 26.2 Å². The lowest BCUT2D eigenvalue weighted by atomic mass is 10.1. The first-order valence-corrected chi connectivity index (χ1v) is 7.47. The molecule has 2 rings (SSSR count). The molecule has 1 N–H and O–H groups in total. The van der Waals surface area contributed by atoms with Gasteiger partial charge < -0.3 is 14.8 Å². The number of methoxy groups -OCH3 is 1. The predicted octanol–water partition coefficient (Wildman–Crippen LogP) is 3.21. The average molecular weight is 317 g/mol. The largest absolute Gasteiger partial charge is 0.497 e. The van der Waals surface area contributed by atoms with Gasteiger partial charge in [-0.1, -0.05) is 12.1 Å². The normalized spacial score (nSPS) is 10.2. The Labute approximate surface area is 135 Å². The number of nitrogens with one attached hydrogen (secondary N) is 1. The third-order valence-corrected chi connectivity index (χ3v) is 3.33. The summed E-state index contributed by atoms with van der Waals surface area (Å²) in [4.78, 5) is 12.0. The van der Waals surface area contributed by atoms with E-state index in [-0.39, 0.29) is 17.2 Å². The zero-order chi connectivity index (χ0) is 16.7. The van der Waals surface area contributed by atoms with Gasteiger partial charge in [-0.25, -0.2) is 4.39 Å². The predicted molar refractivity (Wildman–Crippen MR) is 86.6 cm³/mol. The molecule has 0 saturated heterocycles. The van der Waals surface area contributed by atoms with Gasteiger partial charge in [-0.15, -0.1) is 0 Å². The summed E-state index contributed by atoms with van der Waals surface area (Å²) in [7, 11) is 1.61. The van der Waals surface area contributed by atoms with Crippen molar-refractivity contribution in [1.82, 2.24) is 5.32 Å². The number of amides is 1. The number of rotatable bonds is 7. The summed E-state index contributed by atoms with van der Waals surface area (Å²) in [5, 5.41) is 2.78. The van der Waals surface area contributed by atoms with Gasteiger partial charge in [0.2, 0.25) is 0 Å². The van der Waals surface area contributed by atoms with Crippen LogP contribution >= 0.6 is 0 Å². The van der Waals surface area contributed by atoms with E-state index in [0.29, 0.717) is 19.6 Å². The second-order valence-electron chi connectivity index (χ2n) is 4.94. The lowest BCUT2D eigenvalue weighted by molar-refractivity contribution is 0.0953. The Balaban J connectivity index is 1.90. The Bertz CT molecular complexity index is 673. The molecular formula is C18H20FNO3. The van der Waals surface area contributed by atoms with Gasteiger partial charge in [-0.3, -0.25) is 4.79 Å². The Kier molecular flexibility index (Phi) is 5.97. The van der Waals surface area contributed by atoms with Gasteiger partial charge in [0, 0.05) is 12.1 Å². The summed E-state index contributed by atoms with van der Waals surface area (Å²) in [5.41, 5.74) is 1.33. The highest BCUT2D eigenvalue weighted by Crippen LogP contribution is 2.18. The summed E-state index contributed by atoms with van der Waals surface area (Å²) in [6, 6.07) is 11.9. The first-order valence-electron chi connectivity index (χ1n) is 7.47. The average Bonchev–Trinajstić information content (AvgIpc) is 2.57. The lowest BCUT2D eigenvalue weighted by Gasteiger charge is -2.08. The van der Waals surface area contributed by atoms with Gasteiger partial charge in [-0.05, 0) is 49.2 Å². The van der Waals surface area contributed by atoms with Crippen molar-refractivity contribution < 1.29 is 18.7 Å². The van der Waals surface area contributed by atoms with E-state index in [9.17, 15) is 9.18 Å². The fourth-order valence-electron chi connectivity index (χ4n) is 2.17. The number of hydrogen-bond acceptors (Lipinski definition) is 3. The molecule has 0 radical (unpaired) electrons. The van der Waals surface area contributed by atoms with Crippen molar-refractivity contribution >= 4 is 5.91 Å². The van der Waals surface area contributed by atoms with Crippen molar-refractivity contribution in [1.29, 1.82) is 0 Å². The van der Waals surface area contributed by atoms with Gasteiger partial charge >= 0.3 is 0 Å². The maximum atomic E-state index is 13.7. The second-order valence-corrected chi connectivity index (χ2v) is 4.94. The van der Waals surface area contributed by atoms with Crippen molar-refractivity contribution in [3.8, 4) is 11.5 Å². The zero-order valence-corrected chi connectivity index (χ0v) is 13.3. The van der Waals surface area contributed by atoms with E-state index >= 15 is 0 Å². The number of benzene rings is 2.